The number of nitrogens with zero attached hydrogens (tertiary/aromatic N) is 4. The molecule has 4 aromatic rings. The van der Waals surface area contributed by atoms with Crippen LogP contribution in [0.25, 0.3) is 16.8 Å². The van der Waals surface area contributed by atoms with Crippen molar-refractivity contribution >= 4 is 5.65 Å². The summed E-state index contributed by atoms with van der Waals surface area (Å²) in [6, 6.07) is 12.9. The maximum absolute atomic E-state index is 13.4. The number of para-hydroxylation sites is 1. The molecule has 0 spiro atoms. The fourth-order valence-electron chi connectivity index (χ4n) is 2.49. The molecule has 0 atom stereocenters. The van der Waals surface area contributed by atoms with Gasteiger partial charge >= 0.3 is 6.01 Å². The largest absolute Gasteiger partial charge is 0.424 e. The van der Waals surface area contributed by atoms with Crippen molar-refractivity contribution in [1.82, 2.24) is 19.4 Å². The highest BCUT2D eigenvalue weighted by Crippen LogP contribution is 2.27. The van der Waals surface area contributed by atoms with Crippen molar-refractivity contribution in [2.24, 2.45) is 0 Å². The van der Waals surface area contributed by atoms with Crippen LogP contribution in [-0.4, -0.2) is 19.4 Å². The maximum Gasteiger partial charge on any atom is 0.321 e. The van der Waals surface area contributed by atoms with Crippen LogP contribution >= 0.6 is 0 Å². The highest BCUT2D eigenvalue weighted by Gasteiger charge is 2.27. The molecule has 0 aliphatic heterocycles. The number of fused-ring (bicyclic) bond motifs is 1. The van der Waals surface area contributed by atoms with Crippen LogP contribution in [0.2, 0.25) is 0 Å². The molecule has 130 valence electrons. The Kier molecular flexibility index (Phi) is 3.84. The fraction of sp³-hybridized carbons (Fsp3) is 0.105. The van der Waals surface area contributed by atoms with E-state index in [9.17, 15) is 8.78 Å². The number of alkyl halides is 2. The average Bonchev–Trinajstić information content (AvgIpc) is 3.07. The Morgan fingerprint density at radius 2 is 1.65 bits per heavy atom. The summed E-state index contributed by atoms with van der Waals surface area (Å²) in [7, 11) is 0. The Hall–Kier alpha value is -3.35. The zero-order valence-corrected chi connectivity index (χ0v) is 13.8. The average molecular weight is 352 g/mol. The molecule has 5 nitrogen and oxygen atoms in total. The van der Waals surface area contributed by atoms with Gasteiger partial charge in [-0.25, -0.2) is 15.0 Å². The smallest absolute Gasteiger partial charge is 0.321 e. The summed E-state index contributed by atoms with van der Waals surface area (Å²) in [5, 5.41) is 0. The molecule has 0 N–H and O–H groups in total. The standard InChI is InChI=1S/C19H14F2N4O/c1-19(20,21)16-12-25-11-13(7-8-17(25)24-16)14-9-22-18(23-10-14)26-15-5-3-2-4-6-15/h2-12H,1H3. The quantitative estimate of drug-likeness (QED) is 0.534. The zero-order valence-electron chi connectivity index (χ0n) is 13.8. The monoisotopic (exact) mass is 352 g/mol. The molecule has 0 fully saturated rings. The lowest BCUT2D eigenvalue weighted by molar-refractivity contribution is 0.0133. The van der Waals surface area contributed by atoms with Crippen LogP contribution in [0.3, 0.4) is 0 Å². The second-order valence-corrected chi connectivity index (χ2v) is 5.87. The molecule has 0 unspecified atom stereocenters. The molecule has 0 aliphatic carbocycles. The van der Waals surface area contributed by atoms with Crippen LogP contribution in [0.4, 0.5) is 8.78 Å². The van der Waals surface area contributed by atoms with Gasteiger partial charge in [0.25, 0.3) is 5.92 Å². The maximum atomic E-state index is 13.4. The van der Waals surface area contributed by atoms with Gasteiger partial charge in [0, 0.05) is 42.8 Å². The molecule has 3 heterocycles. The first-order valence-electron chi connectivity index (χ1n) is 7.91. The number of imidazole rings is 1. The van der Waals surface area contributed by atoms with Crippen molar-refractivity contribution in [3.8, 4) is 22.9 Å². The van der Waals surface area contributed by atoms with E-state index in [1.807, 2.05) is 30.3 Å². The highest BCUT2D eigenvalue weighted by atomic mass is 19.3. The Balaban J connectivity index is 1.61. The summed E-state index contributed by atoms with van der Waals surface area (Å²) in [5.41, 5.74) is 1.71. The molecular weight excluding hydrogens is 338 g/mol. The van der Waals surface area contributed by atoms with Crippen LogP contribution in [0.5, 0.6) is 11.8 Å². The third-order valence-electron chi connectivity index (χ3n) is 3.81. The predicted octanol–water partition coefficient (Wildman–Crippen LogP) is 4.70. The molecule has 0 bridgehead atoms. The van der Waals surface area contributed by atoms with Gasteiger partial charge < -0.3 is 9.14 Å². The molecule has 26 heavy (non-hydrogen) atoms. The van der Waals surface area contributed by atoms with E-state index in [1.54, 1.807) is 35.1 Å². The minimum atomic E-state index is -2.98. The number of benzene rings is 1. The summed E-state index contributed by atoms with van der Waals surface area (Å²) in [6.07, 6.45) is 6.29. The second-order valence-electron chi connectivity index (χ2n) is 5.87. The molecule has 0 saturated carbocycles. The molecule has 0 saturated heterocycles. The first-order valence-corrected chi connectivity index (χ1v) is 7.91. The lowest BCUT2D eigenvalue weighted by Crippen LogP contribution is -2.06. The molecule has 3 aromatic heterocycles. The van der Waals surface area contributed by atoms with Gasteiger partial charge in [-0.15, -0.1) is 0 Å². The van der Waals surface area contributed by atoms with Crippen LogP contribution < -0.4 is 4.74 Å². The van der Waals surface area contributed by atoms with Crippen LogP contribution in [0.15, 0.2) is 67.3 Å². The molecule has 4 rings (SSSR count). The molecule has 7 heteroatoms. The number of ether oxygens (including phenoxy) is 1. The lowest BCUT2D eigenvalue weighted by atomic mass is 10.1. The molecule has 0 aliphatic rings. The van der Waals surface area contributed by atoms with Crippen molar-refractivity contribution < 1.29 is 13.5 Å². The molecule has 0 amide bonds. The Bertz CT molecular complexity index is 1040. The van der Waals surface area contributed by atoms with E-state index in [0.29, 0.717) is 11.4 Å². The minimum absolute atomic E-state index is 0.233. The summed E-state index contributed by atoms with van der Waals surface area (Å²) in [4.78, 5) is 12.3. The van der Waals surface area contributed by atoms with E-state index in [4.69, 9.17) is 4.74 Å². The van der Waals surface area contributed by atoms with Gasteiger partial charge in [0.1, 0.15) is 17.1 Å². The normalized spacial score (nSPS) is 11.7. The van der Waals surface area contributed by atoms with E-state index in [0.717, 1.165) is 18.1 Å². The topological polar surface area (TPSA) is 52.3 Å². The number of pyridine rings is 1. The van der Waals surface area contributed by atoms with Crippen molar-refractivity contribution in [2.45, 2.75) is 12.8 Å². The molecule has 1 aromatic carbocycles. The Labute approximate surface area is 147 Å². The van der Waals surface area contributed by atoms with Crippen molar-refractivity contribution in [1.29, 1.82) is 0 Å². The summed E-state index contributed by atoms with van der Waals surface area (Å²) in [6.45, 7) is 0.828. The van der Waals surface area contributed by atoms with E-state index in [2.05, 4.69) is 15.0 Å². The van der Waals surface area contributed by atoms with Gasteiger partial charge in [-0.3, -0.25) is 0 Å². The summed E-state index contributed by atoms with van der Waals surface area (Å²) >= 11 is 0. The van der Waals surface area contributed by atoms with Gasteiger partial charge in [-0.05, 0) is 24.3 Å². The van der Waals surface area contributed by atoms with Gasteiger partial charge in [0.2, 0.25) is 0 Å². The van der Waals surface area contributed by atoms with E-state index >= 15 is 0 Å². The predicted molar refractivity (Wildman–Crippen MR) is 92.3 cm³/mol. The highest BCUT2D eigenvalue weighted by molar-refractivity contribution is 5.63. The number of hydrogen-bond acceptors (Lipinski definition) is 4. The van der Waals surface area contributed by atoms with Crippen molar-refractivity contribution in [2.75, 3.05) is 0 Å². The Morgan fingerprint density at radius 3 is 2.35 bits per heavy atom. The van der Waals surface area contributed by atoms with Crippen molar-refractivity contribution in [3.05, 3.63) is 72.9 Å². The van der Waals surface area contributed by atoms with Gasteiger partial charge in [-0.2, -0.15) is 8.78 Å². The van der Waals surface area contributed by atoms with E-state index < -0.39 is 5.92 Å². The summed E-state index contributed by atoms with van der Waals surface area (Å²) < 4.78 is 34.0. The van der Waals surface area contributed by atoms with Gasteiger partial charge in [-0.1, -0.05) is 18.2 Å². The first kappa shape index (κ1) is 16.1. The van der Waals surface area contributed by atoms with Crippen LogP contribution in [0.1, 0.15) is 12.6 Å². The van der Waals surface area contributed by atoms with E-state index in [1.165, 1.54) is 6.20 Å². The number of hydrogen-bond donors (Lipinski definition) is 0. The number of aromatic nitrogens is 4. The lowest BCUT2D eigenvalue weighted by Gasteiger charge is -2.05. The third-order valence-corrected chi connectivity index (χ3v) is 3.81. The number of halogens is 2. The second kappa shape index (κ2) is 6.18. The summed E-state index contributed by atoms with van der Waals surface area (Å²) in [5.74, 6) is -2.33. The Morgan fingerprint density at radius 1 is 0.923 bits per heavy atom. The number of rotatable bonds is 4. The minimum Gasteiger partial charge on any atom is -0.424 e. The van der Waals surface area contributed by atoms with Crippen molar-refractivity contribution in [3.63, 3.8) is 0 Å². The van der Waals surface area contributed by atoms with Gasteiger partial charge in [0.05, 0.1) is 0 Å². The SMILES string of the molecule is CC(F)(F)c1cn2cc(-c3cnc(Oc4ccccc4)nc3)ccc2n1. The third kappa shape index (κ3) is 3.23. The van der Waals surface area contributed by atoms with Gasteiger partial charge in [0.15, 0.2) is 0 Å². The van der Waals surface area contributed by atoms with Crippen LogP contribution in [0, 0.1) is 0 Å². The zero-order chi connectivity index (χ0) is 18.1. The fourth-order valence-corrected chi connectivity index (χ4v) is 2.49. The molecular formula is C19H14F2N4O. The molecule has 0 radical (unpaired) electrons. The van der Waals surface area contributed by atoms with Crippen LogP contribution in [-0.2, 0) is 5.92 Å². The van der Waals surface area contributed by atoms with E-state index in [-0.39, 0.29) is 11.7 Å². The first-order chi connectivity index (χ1) is 12.5.